The highest BCUT2D eigenvalue weighted by atomic mass is 32.2. The van der Waals surface area contributed by atoms with Crippen LogP contribution in [0.15, 0.2) is 58.5 Å². The Morgan fingerprint density at radius 2 is 1.81 bits per heavy atom. The number of hydrogen-bond donors (Lipinski definition) is 0. The number of aryl methyl sites for hydroxylation is 1. The first-order valence-electron chi connectivity index (χ1n) is 11.1. The van der Waals surface area contributed by atoms with E-state index in [2.05, 4.69) is 19.1 Å². The van der Waals surface area contributed by atoms with Crippen LogP contribution < -0.4 is 5.56 Å². The molecule has 0 bridgehead atoms. The van der Waals surface area contributed by atoms with Crippen molar-refractivity contribution in [3.05, 3.63) is 64.4 Å². The molecule has 1 aliphatic rings. The summed E-state index contributed by atoms with van der Waals surface area (Å²) >= 11 is 1.37. The summed E-state index contributed by atoms with van der Waals surface area (Å²) in [6.45, 7) is 5.73. The molecule has 31 heavy (non-hydrogen) atoms. The first-order chi connectivity index (χ1) is 15.1. The number of para-hydroxylation sites is 1. The fourth-order valence-electron chi connectivity index (χ4n) is 4.01. The average Bonchev–Trinajstić information content (AvgIpc) is 3.33. The fourth-order valence-corrected chi connectivity index (χ4v) is 5.03. The molecule has 3 aromatic rings. The summed E-state index contributed by atoms with van der Waals surface area (Å²) in [7, 11) is 0. The van der Waals surface area contributed by atoms with E-state index in [1.165, 1.54) is 17.3 Å². The normalized spacial score (nSPS) is 14.8. The Hall–Kier alpha value is -2.60. The van der Waals surface area contributed by atoms with E-state index in [-0.39, 0.29) is 16.7 Å². The lowest BCUT2D eigenvalue weighted by Crippen LogP contribution is -2.34. The summed E-state index contributed by atoms with van der Waals surface area (Å²) in [5.41, 5.74) is 2.60. The second kappa shape index (κ2) is 9.69. The Kier molecular flexibility index (Phi) is 6.76. The number of carbonyl (C=O) groups excluding carboxylic acids is 1. The lowest BCUT2D eigenvalue weighted by molar-refractivity contribution is -0.129. The van der Waals surface area contributed by atoms with E-state index in [9.17, 15) is 9.59 Å². The van der Waals surface area contributed by atoms with Crippen LogP contribution in [0.4, 0.5) is 0 Å². The molecule has 6 heteroatoms. The van der Waals surface area contributed by atoms with Crippen molar-refractivity contribution in [1.29, 1.82) is 0 Å². The van der Waals surface area contributed by atoms with Gasteiger partial charge in [0.05, 0.1) is 21.8 Å². The maximum absolute atomic E-state index is 13.4. The number of unbranched alkanes of at least 4 members (excludes halogenated alkanes) is 1. The summed E-state index contributed by atoms with van der Waals surface area (Å²) < 4.78 is 1.66. The number of thioether (sulfide) groups is 1. The van der Waals surface area contributed by atoms with E-state index in [4.69, 9.17) is 4.98 Å². The van der Waals surface area contributed by atoms with Gasteiger partial charge in [-0.1, -0.05) is 49.4 Å². The van der Waals surface area contributed by atoms with Gasteiger partial charge in [-0.25, -0.2) is 4.98 Å². The molecular formula is C25H29N3O2S. The van der Waals surface area contributed by atoms with Gasteiger partial charge in [0.1, 0.15) is 0 Å². The molecular weight excluding hydrogens is 406 g/mol. The number of amides is 1. The molecule has 0 saturated carbocycles. The predicted molar refractivity (Wildman–Crippen MR) is 127 cm³/mol. The second-order valence-corrected chi connectivity index (χ2v) is 9.42. The maximum Gasteiger partial charge on any atom is 0.266 e. The van der Waals surface area contributed by atoms with E-state index in [1.807, 2.05) is 48.2 Å². The molecule has 162 valence electrons. The lowest BCUT2D eigenvalue weighted by atomic mass is 10.1. The van der Waals surface area contributed by atoms with E-state index in [1.54, 1.807) is 4.57 Å². The first-order valence-corrected chi connectivity index (χ1v) is 12.0. The number of likely N-dealkylation sites (tertiary alicyclic amines) is 1. The number of aromatic nitrogens is 2. The minimum atomic E-state index is -0.304. The van der Waals surface area contributed by atoms with Crippen molar-refractivity contribution in [1.82, 2.24) is 14.5 Å². The quantitative estimate of drug-likeness (QED) is 0.394. The molecule has 1 amide bonds. The molecule has 1 atom stereocenters. The molecule has 4 rings (SSSR count). The highest BCUT2D eigenvalue weighted by Gasteiger charge is 2.26. The van der Waals surface area contributed by atoms with Crippen molar-refractivity contribution in [3.8, 4) is 5.69 Å². The Labute approximate surface area is 187 Å². The van der Waals surface area contributed by atoms with E-state index in [0.29, 0.717) is 16.1 Å². The molecule has 1 saturated heterocycles. The van der Waals surface area contributed by atoms with Gasteiger partial charge in [0.15, 0.2) is 5.16 Å². The van der Waals surface area contributed by atoms with Gasteiger partial charge in [-0.3, -0.25) is 14.2 Å². The average molecular weight is 436 g/mol. The molecule has 0 spiro atoms. The molecule has 2 heterocycles. The Bertz CT molecular complexity index is 1120. The van der Waals surface area contributed by atoms with Gasteiger partial charge in [-0.2, -0.15) is 0 Å². The molecule has 0 aliphatic carbocycles. The lowest BCUT2D eigenvalue weighted by Gasteiger charge is -2.21. The monoisotopic (exact) mass is 435 g/mol. The Morgan fingerprint density at radius 1 is 1.10 bits per heavy atom. The molecule has 1 fully saturated rings. The zero-order valence-electron chi connectivity index (χ0n) is 18.2. The van der Waals surface area contributed by atoms with Crippen LogP contribution in [0.3, 0.4) is 0 Å². The highest BCUT2D eigenvalue weighted by Crippen LogP contribution is 2.27. The molecule has 0 N–H and O–H groups in total. The zero-order valence-corrected chi connectivity index (χ0v) is 19.0. The van der Waals surface area contributed by atoms with Gasteiger partial charge < -0.3 is 4.90 Å². The third kappa shape index (κ3) is 4.69. The van der Waals surface area contributed by atoms with Crippen molar-refractivity contribution in [2.24, 2.45) is 0 Å². The largest absolute Gasteiger partial charge is 0.342 e. The van der Waals surface area contributed by atoms with Gasteiger partial charge in [-0.05, 0) is 62.4 Å². The van der Waals surface area contributed by atoms with Crippen LogP contribution in [0.1, 0.15) is 45.1 Å². The number of carbonyl (C=O) groups is 1. The van der Waals surface area contributed by atoms with Crippen LogP contribution in [0.2, 0.25) is 0 Å². The summed E-state index contributed by atoms with van der Waals surface area (Å²) in [6, 6.07) is 15.5. The minimum absolute atomic E-state index is 0.102. The van der Waals surface area contributed by atoms with Crippen LogP contribution in [0, 0.1) is 0 Å². The van der Waals surface area contributed by atoms with Crippen LogP contribution in [-0.4, -0.2) is 38.7 Å². The van der Waals surface area contributed by atoms with Crippen molar-refractivity contribution in [2.45, 2.75) is 56.4 Å². The van der Waals surface area contributed by atoms with E-state index in [0.717, 1.165) is 50.9 Å². The Balaban J connectivity index is 1.73. The summed E-state index contributed by atoms with van der Waals surface area (Å²) in [4.78, 5) is 33.0. The van der Waals surface area contributed by atoms with Crippen LogP contribution in [-0.2, 0) is 11.2 Å². The van der Waals surface area contributed by atoms with Crippen molar-refractivity contribution in [2.75, 3.05) is 13.1 Å². The highest BCUT2D eigenvalue weighted by molar-refractivity contribution is 8.00. The molecule has 0 radical (unpaired) electrons. The second-order valence-electron chi connectivity index (χ2n) is 8.11. The van der Waals surface area contributed by atoms with Crippen LogP contribution in [0.25, 0.3) is 16.6 Å². The van der Waals surface area contributed by atoms with E-state index < -0.39 is 0 Å². The van der Waals surface area contributed by atoms with Crippen molar-refractivity contribution < 1.29 is 4.79 Å². The number of hydrogen-bond acceptors (Lipinski definition) is 4. The van der Waals surface area contributed by atoms with Gasteiger partial charge in [0.25, 0.3) is 5.56 Å². The minimum Gasteiger partial charge on any atom is -0.342 e. The zero-order chi connectivity index (χ0) is 21.8. The smallest absolute Gasteiger partial charge is 0.266 e. The van der Waals surface area contributed by atoms with Gasteiger partial charge in [0, 0.05) is 13.1 Å². The van der Waals surface area contributed by atoms with Crippen LogP contribution >= 0.6 is 11.8 Å². The SMILES string of the molecule is CCCCc1ccc(-n2c(SC(C)C(=O)N3CCCC3)nc3ccccc3c2=O)cc1. The molecule has 1 aliphatic heterocycles. The molecule has 2 aromatic carbocycles. The summed E-state index contributed by atoms with van der Waals surface area (Å²) in [5.74, 6) is 0.117. The molecule has 1 aromatic heterocycles. The first kappa shape index (κ1) is 21.6. The maximum atomic E-state index is 13.4. The van der Waals surface area contributed by atoms with E-state index >= 15 is 0 Å². The third-order valence-corrected chi connectivity index (χ3v) is 6.85. The fraction of sp³-hybridized carbons (Fsp3) is 0.400. The van der Waals surface area contributed by atoms with Crippen LogP contribution in [0.5, 0.6) is 0 Å². The topological polar surface area (TPSA) is 55.2 Å². The summed E-state index contributed by atoms with van der Waals surface area (Å²) in [6.07, 6.45) is 5.46. The third-order valence-electron chi connectivity index (χ3n) is 5.81. The van der Waals surface area contributed by atoms with Gasteiger partial charge >= 0.3 is 0 Å². The summed E-state index contributed by atoms with van der Waals surface area (Å²) in [5, 5.41) is 0.840. The van der Waals surface area contributed by atoms with Gasteiger partial charge in [-0.15, -0.1) is 0 Å². The standard InChI is InChI=1S/C25H29N3O2S/c1-3-4-9-19-12-14-20(15-13-19)28-24(30)21-10-5-6-11-22(21)26-25(28)31-18(2)23(29)27-16-7-8-17-27/h5-6,10-15,18H,3-4,7-9,16-17H2,1-2H3. The van der Waals surface area contributed by atoms with Gasteiger partial charge in [0.2, 0.25) is 5.91 Å². The number of fused-ring (bicyclic) bond motifs is 1. The number of rotatable bonds is 7. The Morgan fingerprint density at radius 3 is 2.52 bits per heavy atom. The number of nitrogens with zero attached hydrogens (tertiary/aromatic N) is 3. The van der Waals surface area contributed by atoms with Crippen molar-refractivity contribution >= 4 is 28.6 Å². The predicted octanol–water partition coefficient (Wildman–Crippen LogP) is 4.83. The molecule has 1 unspecified atom stereocenters. The van der Waals surface area contributed by atoms with Crippen molar-refractivity contribution in [3.63, 3.8) is 0 Å². The number of benzene rings is 2. The molecule has 5 nitrogen and oxygen atoms in total.